The minimum atomic E-state index is 0.304. The molecule has 0 radical (unpaired) electrons. The number of methoxy groups -OCH3 is 1. The van der Waals surface area contributed by atoms with Gasteiger partial charge in [-0.2, -0.15) is 5.26 Å². The highest BCUT2D eigenvalue weighted by Gasteiger charge is 2.12. The van der Waals surface area contributed by atoms with Crippen molar-refractivity contribution < 1.29 is 9.47 Å². The van der Waals surface area contributed by atoms with E-state index in [4.69, 9.17) is 32.7 Å². The molecular formula is C18H17Cl2N3O2. The molecule has 0 bridgehead atoms. The third-order valence-corrected chi connectivity index (χ3v) is 3.96. The van der Waals surface area contributed by atoms with Crippen molar-refractivity contribution in [3.05, 3.63) is 45.8 Å². The smallest absolute Gasteiger partial charge is 0.257 e. The lowest BCUT2D eigenvalue weighted by Gasteiger charge is -2.11. The van der Waals surface area contributed by atoms with Gasteiger partial charge in [0.25, 0.3) is 5.88 Å². The quantitative estimate of drug-likeness (QED) is 0.499. The van der Waals surface area contributed by atoms with Crippen LogP contribution in [0.25, 0.3) is 11.6 Å². The van der Waals surface area contributed by atoms with Crippen LogP contribution in [-0.2, 0) is 0 Å². The molecule has 2 aromatic rings. The Morgan fingerprint density at radius 1 is 1.28 bits per heavy atom. The Morgan fingerprint density at radius 2 is 2.00 bits per heavy atom. The fourth-order valence-corrected chi connectivity index (χ4v) is 2.49. The van der Waals surface area contributed by atoms with E-state index in [1.165, 1.54) is 12.4 Å². The van der Waals surface area contributed by atoms with Gasteiger partial charge in [-0.1, -0.05) is 36.5 Å². The lowest BCUT2D eigenvalue weighted by atomic mass is 10.1. The molecule has 0 aromatic carbocycles. The third-order valence-electron chi connectivity index (χ3n) is 3.36. The number of aromatic nitrogens is 2. The average molecular weight is 378 g/mol. The van der Waals surface area contributed by atoms with Crippen LogP contribution in [0.15, 0.2) is 24.5 Å². The lowest BCUT2D eigenvalue weighted by Crippen LogP contribution is -2.02. The Kier molecular flexibility index (Phi) is 7.05. The zero-order valence-electron chi connectivity index (χ0n) is 13.9. The summed E-state index contributed by atoms with van der Waals surface area (Å²) in [5, 5.41) is 10.2. The van der Waals surface area contributed by atoms with Crippen LogP contribution in [0.3, 0.4) is 0 Å². The molecule has 25 heavy (non-hydrogen) atoms. The van der Waals surface area contributed by atoms with Gasteiger partial charge < -0.3 is 9.47 Å². The predicted octanol–water partition coefficient (Wildman–Crippen LogP) is 5.04. The molecule has 0 saturated heterocycles. The third kappa shape index (κ3) is 4.85. The normalized spacial score (nSPS) is 11.1. The minimum Gasteiger partial charge on any atom is -0.491 e. The van der Waals surface area contributed by atoms with Crippen LogP contribution in [0.2, 0.25) is 10.0 Å². The number of ether oxygens (including phenoxy) is 2. The van der Waals surface area contributed by atoms with Crippen molar-refractivity contribution >= 4 is 34.9 Å². The predicted molar refractivity (Wildman–Crippen MR) is 98.9 cm³/mol. The van der Waals surface area contributed by atoms with Crippen molar-refractivity contribution in [2.75, 3.05) is 13.7 Å². The van der Waals surface area contributed by atoms with Crippen LogP contribution in [0, 0.1) is 11.3 Å². The first-order valence-electron chi connectivity index (χ1n) is 7.69. The van der Waals surface area contributed by atoms with Crippen LogP contribution in [0.1, 0.15) is 31.0 Å². The highest BCUT2D eigenvalue weighted by Crippen LogP contribution is 2.30. The standard InChI is InChI=1S/C18H17Cl2N3O2/c1-3-4-7-25-18-17(24-2)6-5-16(23-18)12(9-21)8-13-14(19)10-22-11-15(13)20/h5-6,8,10-11H,3-4,7H2,1-2H3. The molecule has 0 atom stereocenters. The Bertz CT molecular complexity index is 796. The fourth-order valence-electron chi connectivity index (χ4n) is 2.02. The van der Waals surface area contributed by atoms with Gasteiger partial charge in [0.2, 0.25) is 0 Å². The van der Waals surface area contributed by atoms with Gasteiger partial charge in [-0.05, 0) is 24.6 Å². The molecule has 130 valence electrons. The maximum Gasteiger partial charge on any atom is 0.257 e. The maximum absolute atomic E-state index is 9.52. The highest BCUT2D eigenvalue weighted by molar-refractivity contribution is 6.37. The SMILES string of the molecule is CCCCOc1nc(C(C#N)=Cc2c(Cl)cncc2Cl)ccc1OC. The van der Waals surface area contributed by atoms with Crippen molar-refractivity contribution in [3.63, 3.8) is 0 Å². The van der Waals surface area contributed by atoms with Crippen LogP contribution >= 0.6 is 23.2 Å². The summed E-state index contributed by atoms with van der Waals surface area (Å²) in [6.45, 7) is 2.60. The molecule has 0 fully saturated rings. The van der Waals surface area contributed by atoms with E-state index in [1.54, 1.807) is 25.3 Å². The molecule has 0 N–H and O–H groups in total. The molecule has 0 unspecified atom stereocenters. The summed E-state index contributed by atoms with van der Waals surface area (Å²) in [6, 6.07) is 5.51. The molecule has 0 aliphatic rings. The van der Waals surface area contributed by atoms with Crippen molar-refractivity contribution in [3.8, 4) is 17.7 Å². The summed E-state index contributed by atoms with van der Waals surface area (Å²) in [5.41, 5.74) is 1.26. The number of nitriles is 1. The van der Waals surface area contributed by atoms with Gasteiger partial charge in [-0.3, -0.25) is 4.98 Å². The second-order valence-corrected chi connectivity index (χ2v) is 5.91. The molecular weight excluding hydrogens is 361 g/mol. The zero-order valence-corrected chi connectivity index (χ0v) is 15.4. The van der Waals surface area contributed by atoms with Gasteiger partial charge in [-0.25, -0.2) is 4.98 Å². The second-order valence-electron chi connectivity index (χ2n) is 5.09. The molecule has 2 heterocycles. The number of unbranched alkanes of at least 4 members (excludes halogenated alkanes) is 1. The fraction of sp³-hybridized carbons (Fsp3) is 0.278. The molecule has 0 aliphatic carbocycles. The summed E-state index contributed by atoms with van der Waals surface area (Å²) in [6.07, 6.45) is 6.42. The number of allylic oxidation sites excluding steroid dienone is 1. The van der Waals surface area contributed by atoms with Crippen molar-refractivity contribution in [1.29, 1.82) is 5.26 Å². The molecule has 2 aromatic heterocycles. The van der Waals surface area contributed by atoms with Crippen LogP contribution in [-0.4, -0.2) is 23.7 Å². The summed E-state index contributed by atoms with van der Waals surface area (Å²) in [4.78, 5) is 8.30. The number of hydrogen-bond donors (Lipinski definition) is 0. The van der Waals surface area contributed by atoms with Gasteiger partial charge in [-0.15, -0.1) is 0 Å². The van der Waals surface area contributed by atoms with Gasteiger partial charge in [0, 0.05) is 18.0 Å². The van der Waals surface area contributed by atoms with E-state index in [0.29, 0.717) is 45.1 Å². The van der Waals surface area contributed by atoms with Crippen LogP contribution in [0.5, 0.6) is 11.6 Å². The molecule has 0 aliphatic heterocycles. The highest BCUT2D eigenvalue weighted by atomic mass is 35.5. The number of nitrogens with zero attached hydrogens (tertiary/aromatic N) is 3. The van der Waals surface area contributed by atoms with Crippen molar-refractivity contribution in [2.24, 2.45) is 0 Å². The second kappa shape index (κ2) is 9.26. The first kappa shape index (κ1) is 19.0. The monoisotopic (exact) mass is 377 g/mol. The molecule has 2 rings (SSSR count). The summed E-state index contributed by atoms with van der Waals surface area (Å²) >= 11 is 12.2. The molecule has 0 amide bonds. The first-order valence-corrected chi connectivity index (χ1v) is 8.45. The lowest BCUT2D eigenvalue weighted by molar-refractivity contribution is 0.276. The van der Waals surface area contributed by atoms with E-state index in [9.17, 15) is 5.26 Å². The Labute approximate surface area is 156 Å². The number of hydrogen-bond acceptors (Lipinski definition) is 5. The van der Waals surface area contributed by atoms with Crippen LogP contribution < -0.4 is 9.47 Å². The minimum absolute atomic E-state index is 0.304. The Balaban J connectivity index is 2.42. The first-order chi connectivity index (χ1) is 12.1. The van der Waals surface area contributed by atoms with Crippen molar-refractivity contribution in [2.45, 2.75) is 19.8 Å². The van der Waals surface area contributed by atoms with Crippen molar-refractivity contribution in [1.82, 2.24) is 9.97 Å². The molecule has 0 spiro atoms. The molecule has 7 heteroatoms. The van der Waals surface area contributed by atoms with Gasteiger partial charge >= 0.3 is 0 Å². The number of halogens is 2. The van der Waals surface area contributed by atoms with E-state index in [2.05, 4.69) is 23.0 Å². The van der Waals surface area contributed by atoms with Gasteiger partial charge in [0.05, 0.1) is 35.0 Å². The summed E-state index contributed by atoms with van der Waals surface area (Å²) < 4.78 is 10.9. The molecule has 5 nitrogen and oxygen atoms in total. The van der Waals surface area contributed by atoms with E-state index < -0.39 is 0 Å². The number of pyridine rings is 2. The Hall–Kier alpha value is -2.29. The van der Waals surface area contributed by atoms with E-state index in [-0.39, 0.29) is 0 Å². The zero-order chi connectivity index (χ0) is 18.2. The largest absolute Gasteiger partial charge is 0.491 e. The van der Waals surface area contributed by atoms with Crippen LogP contribution in [0.4, 0.5) is 0 Å². The molecule has 0 saturated carbocycles. The summed E-state index contributed by atoms with van der Waals surface area (Å²) in [5.74, 6) is 0.860. The summed E-state index contributed by atoms with van der Waals surface area (Å²) in [7, 11) is 1.54. The topological polar surface area (TPSA) is 68.0 Å². The van der Waals surface area contributed by atoms with E-state index in [0.717, 1.165) is 12.8 Å². The van der Waals surface area contributed by atoms with E-state index in [1.807, 2.05) is 0 Å². The maximum atomic E-state index is 9.52. The van der Waals surface area contributed by atoms with E-state index >= 15 is 0 Å². The Morgan fingerprint density at radius 3 is 2.60 bits per heavy atom. The average Bonchev–Trinajstić information content (AvgIpc) is 2.62. The van der Waals surface area contributed by atoms with Gasteiger partial charge in [0.15, 0.2) is 5.75 Å². The van der Waals surface area contributed by atoms with Gasteiger partial charge in [0.1, 0.15) is 6.07 Å². The number of rotatable bonds is 7.